The average molecular weight is 359 g/mol. The molecule has 3 rings (SSSR count). The van der Waals surface area contributed by atoms with Gasteiger partial charge in [0.1, 0.15) is 0 Å². The molecule has 2 nitrogen and oxygen atoms in total. The van der Waals surface area contributed by atoms with Crippen molar-refractivity contribution in [1.82, 2.24) is 0 Å². The largest absolute Gasteiger partial charge is 0.448 e. The van der Waals surface area contributed by atoms with Crippen molar-refractivity contribution in [2.45, 2.75) is 53.9 Å². The van der Waals surface area contributed by atoms with Crippen LogP contribution >= 0.6 is 0 Å². The van der Waals surface area contributed by atoms with Crippen molar-refractivity contribution >= 4 is 11.4 Å². The quantitative estimate of drug-likeness (QED) is 0.412. The Morgan fingerprint density at radius 2 is 1.33 bits per heavy atom. The molecule has 0 saturated heterocycles. The first-order valence-corrected chi connectivity index (χ1v) is 9.87. The third-order valence-electron chi connectivity index (χ3n) is 4.96. The number of hydrogen-bond donors (Lipinski definition) is 0. The predicted octanol–water partition coefficient (Wildman–Crippen LogP) is 6.86. The molecule has 0 spiro atoms. The van der Waals surface area contributed by atoms with E-state index in [-0.39, 0.29) is 0 Å². The van der Waals surface area contributed by atoms with Gasteiger partial charge in [-0.25, -0.2) is 4.68 Å². The average Bonchev–Trinajstić information content (AvgIpc) is 2.90. The normalized spacial score (nSPS) is 15.6. The topological polar surface area (TPSA) is 26.8 Å². The zero-order valence-electron chi connectivity index (χ0n) is 17.2. The molecule has 0 aromatic heterocycles. The second-order valence-corrected chi connectivity index (χ2v) is 7.77. The van der Waals surface area contributed by atoms with Crippen molar-refractivity contribution in [1.29, 1.82) is 0 Å². The molecule has 0 amide bonds. The summed E-state index contributed by atoms with van der Waals surface area (Å²) in [5.41, 5.74) is 10.3. The fraction of sp³-hybridized carbons (Fsp3) is 0.320. The first-order valence-electron chi connectivity index (χ1n) is 9.87. The van der Waals surface area contributed by atoms with Gasteiger partial charge in [-0.3, -0.25) is 0 Å². The van der Waals surface area contributed by atoms with Crippen LogP contribution in [0, 0.1) is 27.7 Å². The summed E-state index contributed by atoms with van der Waals surface area (Å²) in [6, 6.07) is 13.1. The van der Waals surface area contributed by atoms with Crippen LogP contribution in [0.5, 0.6) is 0 Å². The van der Waals surface area contributed by atoms with E-state index in [1.807, 2.05) is 0 Å². The van der Waals surface area contributed by atoms with Crippen LogP contribution in [0.25, 0.3) is 11.5 Å². The van der Waals surface area contributed by atoms with Crippen LogP contribution in [0.2, 0.25) is 0 Å². The Kier molecular flexibility index (Phi) is 5.65. The van der Waals surface area contributed by atoms with Crippen LogP contribution in [0.15, 0.2) is 54.1 Å². The van der Waals surface area contributed by atoms with Gasteiger partial charge in [0, 0.05) is 22.8 Å². The van der Waals surface area contributed by atoms with Crippen LogP contribution in [0.1, 0.15) is 59.6 Å². The highest BCUT2D eigenvalue weighted by Crippen LogP contribution is 2.30. The van der Waals surface area contributed by atoms with Crippen LogP contribution in [-0.4, -0.2) is 10.4 Å². The number of nitrogens with one attached hydrogen (secondary N) is 1. The summed E-state index contributed by atoms with van der Waals surface area (Å²) >= 11 is 0. The van der Waals surface area contributed by atoms with Crippen molar-refractivity contribution in [2.75, 3.05) is 0 Å². The smallest absolute Gasteiger partial charge is 0.215 e. The minimum Gasteiger partial charge on any atom is -0.448 e. The Hall–Kier alpha value is -2.61. The lowest BCUT2D eigenvalue weighted by Gasteiger charge is -2.10. The van der Waals surface area contributed by atoms with E-state index in [2.05, 4.69) is 83.2 Å². The molecule has 1 N–H and O–H groups in total. The molecule has 1 heterocycles. The lowest BCUT2D eigenvalue weighted by molar-refractivity contribution is -0.347. The predicted molar refractivity (Wildman–Crippen MR) is 116 cm³/mol. The summed E-state index contributed by atoms with van der Waals surface area (Å²) < 4.78 is 1.63. The molecule has 0 atom stereocenters. The SMILES string of the molecule is CCCCC=C1C=C(c2cc(C)cc(C)c2)[N+]([NH-])=C1c1cc(C)cc(C)c1. The van der Waals surface area contributed by atoms with E-state index in [1.54, 1.807) is 4.68 Å². The molecular weight excluding hydrogens is 328 g/mol. The number of nitrogens with zero attached hydrogens (tertiary/aromatic N) is 1. The van der Waals surface area contributed by atoms with Gasteiger partial charge >= 0.3 is 0 Å². The van der Waals surface area contributed by atoms with Crippen molar-refractivity contribution in [3.8, 4) is 0 Å². The maximum absolute atomic E-state index is 8.90. The molecule has 0 unspecified atom stereocenters. The molecule has 1 aliphatic heterocycles. The van der Waals surface area contributed by atoms with Crippen LogP contribution in [0.3, 0.4) is 0 Å². The molecule has 2 aromatic carbocycles. The van der Waals surface area contributed by atoms with Gasteiger partial charge in [0.25, 0.3) is 0 Å². The maximum Gasteiger partial charge on any atom is 0.215 e. The number of benzene rings is 2. The Balaban J connectivity index is 2.15. The van der Waals surface area contributed by atoms with Crippen molar-refractivity contribution in [3.63, 3.8) is 0 Å². The Morgan fingerprint density at radius 1 is 0.815 bits per heavy atom. The summed E-state index contributed by atoms with van der Waals surface area (Å²) in [4.78, 5) is 0. The molecule has 1 aliphatic rings. The van der Waals surface area contributed by atoms with Gasteiger partial charge in [-0.05, 0) is 58.4 Å². The van der Waals surface area contributed by atoms with Crippen LogP contribution in [0.4, 0.5) is 0 Å². The van der Waals surface area contributed by atoms with E-state index in [0.717, 1.165) is 34.5 Å². The van der Waals surface area contributed by atoms with E-state index in [1.165, 1.54) is 35.1 Å². The van der Waals surface area contributed by atoms with Crippen LogP contribution < -0.4 is 0 Å². The van der Waals surface area contributed by atoms with E-state index in [0.29, 0.717) is 0 Å². The first-order chi connectivity index (χ1) is 12.9. The third-order valence-corrected chi connectivity index (χ3v) is 4.96. The lowest BCUT2D eigenvalue weighted by Crippen LogP contribution is -2.12. The minimum absolute atomic E-state index is 0.957. The monoisotopic (exact) mass is 358 g/mol. The highest BCUT2D eigenvalue weighted by atomic mass is 15.3. The number of allylic oxidation sites excluding steroid dienone is 3. The Morgan fingerprint density at radius 3 is 1.85 bits per heavy atom. The molecule has 0 bridgehead atoms. The molecule has 2 heteroatoms. The van der Waals surface area contributed by atoms with Gasteiger partial charge in [0.2, 0.25) is 11.4 Å². The molecule has 0 radical (unpaired) electrons. The van der Waals surface area contributed by atoms with Crippen LogP contribution in [-0.2, 0) is 0 Å². The molecule has 0 fully saturated rings. The second-order valence-electron chi connectivity index (χ2n) is 7.77. The first kappa shape index (κ1) is 19.2. The Labute approximate surface area is 163 Å². The molecule has 27 heavy (non-hydrogen) atoms. The fourth-order valence-corrected chi connectivity index (χ4v) is 3.89. The van der Waals surface area contributed by atoms with E-state index in [4.69, 9.17) is 5.84 Å². The number of unbranched alkanes of at least 4 members (excludes halogenated alkanes) is 2. The zero-order chi connectivity index (χ0) is 19.6. The van der Waals surface area contributed by atoms with E-state index in [9.17, 15) is 0 Å². The molecule has 2 aromatic rings. The van der Waals surface area contributed by atoms with E-state index >= 15 is 0 Å². The van der Waals surface area contributed by atoms with Crippen molar-refractivity contribution < 1.29 is 4.68 Å². The van der Waals surface area contributed by atoms with Gasteiger partial charge < -0.3 is 5.84 Å². The number of rotatable bonds is 5. The highest BCUT2D eigenvalue weighted by molar-refractivity contribution is 6.15. The standard InChI is InChI=1S/C25H30N2/c1-6-7-8-9-21-16-24(22-12-17(2)10-18(3)13-22)27(26)25(21)23-14-19(4)11-20(5)15-23/h9-16,26H,6-8H2,1-5H3. The second kappa shape index (κ2) is 7.96. The summed E-state index contributed by atoms with van der Waals surface area (Å²) in [5.74, 6) is 8.90. The lowest BCUT2D eigenvalue weighted by atomic mass is 9.98. The van der Waals surface area contributed by atoms with Crippen molar-refractivity contribution in [2.24, 2.45) is 0 Å². The molecule has 0 saturated carbocycles. The summed E-state index contributed by atoms with van der Waals surface area (Å²) in [6.45, 7) is 10.7. The highest BCUT2D eigenvalue weighted by Gasteiger charge is 2.28. The summed E-state index contributed by atoms with van der Waals surface area (Å²) in [5, 5.41) is 0. The minimum atomic E-state index is 0.957. The summed E-state index contributed by atoms with van der Waals surface area (Å²) in [6.07, 6.45) is 7.89. The van der Waals surface area contributed by atoms with Gasteiger partial charge in [-0.1, -0.05) is 60.2 Å². The molecule has 140 valence electrons. The van der Waals surface area contributed by atoms with Gasteiger partial charge in [-0.15, -0.1) is 0 Å². The molecule has 0 aliphatic carbocycles. The van der Waals surface area contributed by atoms with Gasteiger partial charge in [-0.2, -0.15) is 0 Å². The summed E-state index contributed by atoms with van der Waals surface area (Å²) in [7, 11) is 0. The maximum atomic E-state index is 8.90. The Bertz CT molecular complexity index is 918. The van der Waals surface area contributed by atoms with Gasteiger partial charge in [0.05, 0.1) is 0 Å². The number of hydrogen-bond acceptors (Lipinski definition) is 0. The number of aryl methyl sites for hydroxylation is 4. The van der Waals surface area contributed by atoms with Gasteiger partial charge in [0.15, 0.2) is 0 Å². The fourth-order valence-electron chi connectivity index (χ4n) is 3.89. The van der Waals surface area contributed by atoms with Crippen molar-refractivity contribution in [3.05, 3.63) is 93.3 Å². The van der Waals surface area contributed by atoms with E-state index < -0.39 is 0 Å². The zero-order valence-corrected chi connectivity index (χ0v) is 17.2. The third kappa shape index (κ3) is 4.21. The molecular formula is C25H30N2.